The molecule has 0 saturated carbocycles. The summed E-state index contributed by atoms with van der Waals surface area (Å²) < 4.78 is 13.4. The maximum atomic E-state index is 6.74. The lowest BCUT2D eigenvalue weighted by molar-refractivity contribution is 0.667. The molecule has 236 valence electrons. The van der Waals surface area contributed by atoms with Crippen molar-refractivity contribution in [1.29, 1.82) is 0 Å². The molecule has 4 heteroatoms. The minimum Gasteiger partial charge on any atom is -0.456 e. The van der Waals surface area contributed by atoms with E-state index in [9.17, 15) is 0 Å². The quantitative estimate of drug-likeness (QED) is 0.181. The third-order valence-electron chi connectivity index (χ3n) is 9.61. The maximum absolute atomic E-state index is 6.74. The standard InChI is InChI=1S/C46H30N2O2/c1-4-16-32(17-5-1)47(33-18-6-2-7-19-33)40-29-38-44(49-43-28-27-31-15-10-11-22-35(31)45(38)43)30-41(40)48(34-20-8-3-9-21-34)39-25-14-24-37-36-23-12-13-26-42(36)50-46(37)39/h1-30H. The highest BCUT2D eigenvalue weighted by atomic mass is 16.3. The third-order valence-corrected chi connectivity index (χ3v) is 9.61. The van der Waals surface area contributed by atoms with Gasteiger partial charge in [0, 0.05) is 44.7 Å². The Kier molecular flexibility index (Phi) is 6.46. The van der Waals surface area contributed by atoms with Crippen molar-refractivity contribution in [1.82, 2.24) is 0 Å². The van der Waals surface area contributed by atoms with Gasteiger partial charge in [-0.3, -0.25) is 0 Å². The van der Waals surface area contributed by atoms with Crippen molar-refractivity contribution >= 4 is 88.8 Å². The van der Waals surface area contributed by atoms with E-state index in [1.165, 1.54) is 10.8 Å². The van der Waals surface area contributed by atoms with Gasteiger partial charge in [0.1, 0.15) is 16.7 Å². The fourth-order valence-corrected chi connectivity index (χ4v) is 7.40. The number of rotatable bonds is 6. The Morgan fingerprint density at radius 1 is 0.320 bits per heavy atom. The largest absolute Gasteiger partial charge is 0.456 e. The van der Waals surface area contributed by atoms with Gasteiger partial charge in [0.05, 0.1) is 17.1 Å². The Hall–Kier alpha value is -6.78. The number of anilines is 6. The van der Waals surface area contributed by atoms with Gasteiger partial charge >= 0.3 is 0 Å². The first-order chi connectivity index (χ1) is 24.8. The molecule has 0 N–H and O–H groups in total. The summed E-state index contributed by atoms with van der Waals surface area (Å²) in [5.41, 5.74) is 9.35. The van der Waals surface area contributed by atoms with E-state index in [2.05, 4.69) is 180 Å². The molecule has 0 unspecified atom stereocenters. The van der Waals surface area contributed by atoms with Gasteiger partial charge in [-0.15, -0.1) is 0 Å². The lowest BCUT2D eigenvalue weighted by Gasteiger charge is -2.33. The van der Waals surface area contributed by atoms with E-state index < -0.39 is 0 Å². The number of para-hydroxylation sites is 5. The first kappa shape index (κ1) is 28.3. The summed E-state index contributed by atoms with van der Waals surface area (Å²) in [5, 5.41) is 6.67. The van der Waals surface area contributed by atoms with Crippen molar-refractivity contribution in [3.05, 3.63) is 182 Å². The fourth-order valence-electron chi connectivity index (χ4n) is 7.40. The van der Waals surface area contributed by atoms with Crippen LogP contribution >= 0.6 is 0 Å². The van der Waals surface area contributed by atoms with E-state index in [0.717, 1.165) is 78.0 Å². The molecule has 10 aromatic rings. The van der Waals surface area contributed by atoms with E-state index in [-0.39, 0.29) is 0 Å². The second kappa shape index (κ2) is 11.4. The first-order valence-corrected chi connectivity index (χ1v) is 16.9. The molecule has 0 fully saturated rings. The number of furan rings is 2. The van der Waals surface area contributed by atoms with Crippen LogP contribution in [0.2, 0.25) is 0 Å². The molecule has 2 aromatic heterocycles. The van der Waals surface area contributed by atoms with Gasteiger partial charge in [0.2, 0.25) is 0 Å². The van der Waals surface area contributed by atoms with Gasteiger partial charge in [0.15, 0.2) is 5.58 Å². The highest BCUT2D eigenvalue weighted by Gasteiger charge is 2.27. The zero-order valence-electron chi connectivity index (χ0n) is 27.0. The molecular formula is C46H30N2O2. The second-order valence-corrected chi connectivity index (χ2v) is 12.5. The average molecular weight is 643 g/mol. The second-order valence-electron chi connectivity index (χ2n) is 12.5. The summed E-state index contributed by atoms with van der Waals surface area (Å²) >= 11 is 0. The van der Waals surface area contributed by atoms with Crippen LogP contribution in [0.25, 0.3) is 54.6 Å². The van der Waals surface area contributed by atoms with Crippen LogP contribution < -0.4 is 9.80 Å². The number of hydrogen-bond acceptors (Lipinski definition) is 4. The summed E-state index contributed by atoms with van der Waals surface area (Å²) in [5.74, 6) is 0. The molecule has 0 atom stereocenters. The van der Waals surface area contributed by atoms with Crippen molar-refractivity contribution in [3.63, 3.8) is 0 Å². The Morgan fingerprint density at radius 3 is 1.62 bits per heavy atom. The van der Waals surface area contributed by atoms with E-state index in [0.29, 0.717) is 0 Å². The van der Waals surface area contributed by atoms with Crippen LogP contribution in [-0.4, -0.2) is 0 Å². The Labute approximate surface area is 288 Å². The summed E-state index contributed by atoms with van der Waals surface area (Å²) in [6, 6.07) is 63.6. The van der Waals surface area contributed by atoms with Gasteiger partial charge in [-0.25, -0.2) is 0 Å². The molecule has 4 nitrogen and oxygen atoms in total. The van der Waals surface area contributed by atoms with Crippen LogP contribution in [0.5, 0.6) is 0 Å². The van der Waals surface area contributed by atoms with Crippen molar-refractivity contribution in [3.8, 4) is 0 Å². The lowest BCUT2D eigenvalue weighted by atomic mass is 10.0. The number of fused-ring (bicyclic) bond motifs is 8. The van der Waals surface area contributed by atoms with E-state index in [4.69, 9.17) is 8.83 Å². The number of benzene rings is 8. The molecule has 0 aliphatic rings. The molecule has 0 bridgehead atoms. The van der Waals surface area contributed by atoms with Gasteiger partial charge in [-0.2, -0.15) is 0 Å². The van der Waals surface area contributed by atoms with Crippen LogP contribution in [0.4, 0.5) is 34.1 Å². The van der Waals surface area contributed by atoms with Crippen molar-refractivity contribution in [2.24, 2.45) is 0 Å². The Balaban J connectivity index is 1.36. The molecule has 0 aliphatic heterocycles. The molecule has 2 heterocycles. The topological polar surface area (TPSA) is 32.8 Å². The third kappa shape index (κ3) is 4.46. The molecule has 0 spiro atoms. The van der Waals surface area contributed by atoms with Gasteiger partial charge in [-0.05, 0) is 71.4 Å². The molecule has 8 aromatic carbocycles. The number of nitrogens with zero attached hydrogens (tertiary/aromatic N) is 2. The Morgan fingerprint density at radius 2 is 0.900 bits per heavy atom. The van der Waals surface area contributed by atoms with Crippen molar-refractivity contribution in [2.75, 3.05) is 9.80 Å². The maximum Gasteiger partial charge on any atom is 0.159 e. The van der Waals surface area contributed by atoms with Crippen LogP contribution in [0.15, 0.2) is 191 Å². The highest BCUT2D eigenvalue weighted by molar-refractivity contribution is 6.21. The van der Waals surface area contributed by atoms with Crippen molar-refractivity contribution in [2.45, 2.75) is 0 Å². The highest BCUT2D eigenvalue weighted by Crippen LogP contribution is 2.51. The Bertz CT molecular complexity index is 2780. The normalized spacial score (nSPS) is 11.6. The van der Waals surface area contributed by atoms with E-state index in [1.807, 2.05) is 12.1 Å². The fraction of sp³-hybridized carbons (Fsp3) is 0. The van der Waals surface area contributed by atoms with Crippen LogP contribution in [0.1, 0.15) is 0 Å². The summed E-state index contributed by atoms with van der Waals surface area (Å²) in [6.45, 7) is 0. The van der Waals surface area contributed by atoms with Gasteiger partial charge in [-0.1, -0.05) is 115 Å². The van der Waals surface area contributed by atoms with Crippen LogP contribution in [0.3, 0.4) is 0 Å². The van der Waals surface area contributed by atoms with Crippen LogP contribution in [-0.2, 0) is 0 Å². The molecule has 0 radical (unpaired) electrons. The molecule has 50 heavy (non-hydrogen) atoms. The van der Waals surface area contributed by atoms with E-state index in [1.54, 1.807) is 0 Å². The van der Waals surface area contributed by atoms with Crippen molar-refractivity contribution < 1.29 is 8.83 Å². The van der Waals surface area contributed by atoms with E-state index >= 15 is 0 Å². The van der Waals surface area contributed by atoms with Gasteiger partial charge < -0.3 is 18.6 Å². The van der Waals surface area contributed by atoms with Crippen LogP contribution in [0, 0.1) is 0 Å². The minimum atomic E-state index is 0.814. The molecule has 0 aliphatic carbocycles. The number of hydrogen-bond donors (Lipinski definition) is 0. The summed E-state index contributed by atoms with van der Waals surface area (Å²) in [6.07, 6.45) is 0. The molecular weight excluding hydrogens is 613 g/mol. The average Bonchev–Trinajstić information content (AvgIpc) is 3.75. The van der Waals surface area contributed by atoms with Gasteiger partial charge in [0.25, 0.3) is 0 Å². The SMILES string of the molecule is c1ccc(N(c2ccccc2)c2cc3c(cc2N(c2ccccc2)c2cccc4c2oc2ccccc24)oc2ccc4ccccc4c23)cc1. The minimum absolute atomic E-state index is 0.814. The monoisotopic (exact) mass is 642 g/mol. The predicted molar refractivity (Wildman–Crippen MR) is 208 cm³/mol. The zero-order chi connectivity index (χ0) is 33.0. The molecule has 0 saturated heterocycles. The molecule has 0 amide bonds. The first-order valence-electron chi connectivity index (χ1n) is 16.9. The smallest absolute Gasteiger partial charge is 0.159 e. The summed E-state index contributed by atoms with van der Waals surface area (Å²) in [7, 11) is 0. The zero-order valence-corrected chi connectivity index (χ0v) is 27.0. The lowest BCUT2D eigenvalue weighted by Crippen LogP contribution is -2.17. The summed E-state index contributed by atoms with van der Waals surface area (Å²) in [4.78, 5) is 4.65. The predicted octanol–water partition coefficient (Wildman–Crippen LogP) is 13.6. The molecule has 10 rings (SSSR count).